The number of amides is 1. The maximum Gasteiger partial charge on any atom is 0.264 e. The van der Waals surface area contributed by atoms with E-state index >= 15 is 0 Å². The summed E-state index contributed by atoms with van der Waals surface area (Å²) < 4.78 is 34.1. The van der Waals surface area contributed by atoms with Crippen molar-refractivity contribution in [3.05, 3.63) is 88.4 Å². The van der Waals surface area contributed by atoms with Crippen LogP contribution in [-0.2, 0) is 20.2 Å². The standard InChI is InChI=1S/C28H33ClN2O4S/c1-20-10-13-23(14-11-20)36(33,34)31(25-15-12-22(29)18-21(25)2)19-27(32)30-16-17-35-26-9-7-6-8-24(26)28(3,4)5/h6-15,18H,16-17,19H2,1-5H3,(H,30,32). The lowest BCUT2D eigenvalue weighted by Gasteiger charge is -2.26. The van der Waals surface area contributed by atoms with Crippen LogP contribution in [0.5, 0.6) is 5.75 Å². The Balaban J connectivity index is 1.74. The number of hydrogen-bond acceptors (Lipinski definition) is 4. The van der Waals surface area contributed by atoms with Gasteiger partial charge in [-0.1, -0.05) is 68.3 Å². The maximum atomic E-state index is 13.6. The molecule has 0 fully saturated rings. The highest BCUT2D eigenvalue weighted by atomic mass is 35.5. The molecule has 0 spiro atoms. The van der Waals surface area contributed by atoms with Crippen molar-refractivity contribution in [3.8, 4) is 5.75 Å². The number of nitrogens with one attached hydrogen (secondary N) is 1. The van der Waals surface area contributed by atoms with Crippen molar-refractivity contribution < 1.29 is 17.9 Å². The fourth-order valence-corrected chi connectivity index (χ4v) is 5.50. The average molecular weight is 529 g/mol. The molecule has 0 aliphatic heterocycles. The normalized spacial score (nSPS) is 11.7. The van der Waals surface area contributed by atoms with E-state index in [-0.39, 0.29) is 30.0 Å². The second-order valence-corrected chi connectivity index (χ2v) is 12.0. The number of para-hydroxylation sites is 1. The summed E-state index contributed by atoms with van der Waals surface area (Å²) in [6.07, 6.45) is 0. The highest BCUT2D eigenvalue weighted by Crippen LogP contribution is 2.31. The molecule has 0 heterocycles. The van der Waals surface area contributed by atoms with E-state index in [0.717, 1.165) is 21.2 Å². The van der Waals surface area contributed by atoms with Crippen molar-refractivity contribution in [3.63, 3.8) is 0 Å². The highest BCUT2D eigenvalue weighted by Gasteiger charge is 2.28. The van der Waals surface area contributed by atoms with Crippen molar-refractivity contribution in [2.45, 2.75) is 44.9 Å². The molecule has 192 valence electrons. The quantitative estimate of drug-likeness (QED) is 0.364. The molecule has 3 rings (SSSR count). The molecule has 8 heteroatoms. The van der Waals surface area contributed by atoms with Crippen LogP contribution >= 0.6 is 11.6 Å². The Kier molecular flexibility index (Phi) is 8.69. The van der Waals surface area contributed by atoms with Crippen LogP contribution in [0.4, 0.5) is 5.69 Å². The smallest absolute Gasteiger partial charge is 0.264 e. The zero-order chi connectivity index (χ0) is 26.5. The lowest BCUT2D eigenvalue weighted by molar-refractivity contribution is -0.119. The van der Waals surface area contributed by atoms with E-state index in [0.29, 0.717) is 16.3 Å². The second kappa shape index (κ2) is 11.4. The van der Waals surface area contributed by atoms with Gasteiger partial charge in [-0.15, -0.1) is 0 Å². The molecule has 0 aliphatic carbocycles. The Hall–Kier alpha value is -3.03. The van der Waals surface area contributed by atoms with Gasteiger partial charge in [0.05, 0.1) is 17.1 Å². The first-order valence-corrected chi connectivity index (χ1v) is 13.6. The molecule has 0 bridgehead atoms. The number of sulfonamides is 1. The maximum absolute atomic E-state index is 13.6. The number of carbonyl (C=O) groups is 1. The molecule has 0 unspecified atom stereocenters. The number of hydrogen-bond donors (Lipinski definition) is 1. The van der Waals surface area contributed by atoms with Gasteiger partial charge in [-0.3, -0.25) is 9.10 Å². The van der Waals surface area contributed by atoms with Crippen molar-refractivity contribution in [2.24, 2.45) is 0 Å². The predicted octanol–water partition coefficient (Wildman–Crippen LogP) is 5.64. The molecule has 0 aromatic heterocycles. The summed E-state index contributed by atoms with van der Waals surface area (Å²) in [7, 11) is -4.00. The first kappa shape index (κ1) is 27.6. The Morgan fingerprint density at radius 1 is 1.00 bits per heavy atom. The minimum Gasteiger partial charge on any atom is -0.491 e. The summed E-state index contributed by atoms with van der Waals surface area (Å²) in [6, 6.07) is 19.2. The molecular weight excluding hydrogens is 496 g/mol. The van der Waals surface area contributed by atoms with Crippen LogP contribution < -0.4 is 14.4 Å². The highest BCUT2D eigenvalue weighted by molar-refractivity contribution is 7.92. The van der Waals surface area contributed by atoms with Crippen LogP contribution in [0, 0.1) is 13.8 Å². The molecule has 36 heavy (non-hydrogen) atoms. The molecule has 0 atom stereocenters. The summed E-state index contributed by atoms with van der Waals surface area (Å²) in [6.45, 7) is 10.1. The fourth-order valence-electron chi connectivity index (χ4n) is 3.79. The number of rotatable bonds is 9. The number of nitrogens with zero attached hydrogens (tertiary/aromatic N) is 1. The molecule has 0 aliphatic rings. The van der Waals surface area contributed by atoms with Gasteiger partial charge in [-0.05, 0) is 66.8 Å². The number of aryl methyl sites for hydroxylation is 2. The van der Waals surface area contributed by atoms with Gasteiger partial charge in [-0.2, -0.15) is 0 Å². The van der Waals surface area contributed by atoms with Gasteiger partial charge < -0.3 is 10.1 Å². The summed E-state index contributed by atoms with van der Waals surface area (Å²) in [5, 5.41) is 3.27. The molecular formula is C28H33ClN2O4S. The largest absolute Gasteiger partial charge is 0.491 e. The minimum atomic E-state index is -4.00. The van der Waals surface area contributed by atoms with Crippen molar-refractivity contribution in [2.75, 3.05) is 24.0 Å². The van der Waals surface area contributed by atoms with E-state index in [1.807, 2.05) is 31.2 Å². The van der Waals surface area contributed by atoms with Gasteiger partial charge in [0.1, 0.15) is 18.9 Å². The summed E-state index contributed by atoms with van der Waals surface area (Å²) in [5.41, 5.74) is 2.97. The Bertz CT molecular complexity index is 1320. The van der Waals surface area contributed by atoms with Gasteiger partial charge in [0.25, 0.3) is 10.0 Å². The molecule has 0 saturated heterocycles. The van der Waals surface area contributed by atoms with Gasteiger partial charge >= 0.3 is 0 Å². The van der Waals surface area contributed by atoms with Crippen molar-refractivity contribution in [1.29, 1.82) is 0 Å². The first-order valence-electron chi connectivity index (χ1n) is 11.7. The van der Waals surface area contributed by atoms with Gasteiger partial charge in [0.2, 0.25) is 5.91 Å². The number of ether oxygens (including phenoxy) is 1. The van der Waals surface area contributed by atoms with E-state index in [2.05, 4.69) is 26.1 Å². The lowest BCUT2D eigenvalue weighted by Crippen LogP contribution is -2.42. The zero-order valence-corrected chi connectivity index (χ0v) is 22.9. The Labute approximate surface area is 219 Å². The predicted molar refractivity (Wildman–Crippen MR) is 146 cm³/mol. The SMILES string of the molecule is Cc1ccc(S(=O)(=O)N(CC(=O)NCCOc2ccccc2C(C)(C)C)c2ccc(Cl)cc2C)cc1. The minimum absolute atomic E-state index is 0.0822. The number of anilines is 1. The summed E-state index contributed by atoms with van der Waals surface area (Å²) in [4.78, 5) is 13.0. The average Bonchev–Trinajstić information content (AvgIpc) is 2.80. The third-order valence-electron chi connectivity index (χ3n) is 5.70. The first-order chi connectivity index (χ1) is 16.9. The summed E-state index contributed by atoms with van der Waals surface area (Å²) in [5.74, 6) is 0.326. The van der Waals surface area contributed by atoms with Crippen molar-refractivity contribution in [1.82, 2.24) is 5.32 Å². The second-order valence-electron chi connectivity index (χ2n) is 9.70. The molecule has 0 saturated carbocycles. The van der Waals surface area contributed by atoms with Crippen LogP contribution in [-0.4, -0.2) is 34.0 Å². The third kappa shape index (κ3) is 6.80. The van der Waals surface area contributed by atoms with Crippen LogP contribution in [0.2, 0.25) is 5.02 Å². The Morgan fingerprint density at radius 2 is 1.67 bits per heavy atom. The van der Waals surface area contributed by atoms with E-state index < -0.39 is 15.9 Å². The van der Waals surface area contributed by atoms with Gasteiger partial charge in [-0.25, -0.2) is 8.42 Å². The molecule has 3 aromatic carbocycles. The van der Waals surface area contributed by atoms with Crippen LogP contribution in [0.25, 0.3) is 0 Å². The molecule has 0 radical (unpaired) electrons. The topological polar surface area (TPSA) is 75.7 Å². The van der Waals surface area contributed by atoms with Gasteiger partial charge in [0.15, 0.2) is 0 Å². The van der Waals surface area contributed by atoms with Crippen LogP contribution in [0.1, 0.15) is 37.5 Å². The zero-order valence-electron chi connectivity index (χ0n) is 21.3. The van der Waals surface area contributed by atoms with E-state index in [1.165, 1.54) is 0 Å². The third-order valence-corrected chi connectivity index (χ3v) is 7.71. The van der Waals surface area contributed by atoms with E-state index in [4.69, 9.17) is 16.3 Å². The summed E-state index contributed by atoms with van der Waals surface area (Å²) >= 11 is 6.09. The molecule has 1 N–H and O–H groups in total. The van der Waals surface area contributed by atoms with Crippen LogP contribution in [0.15, 0.2) is 71.6 Å². The molecule has 3 aromatic rings. The van der Waals surface area contributed by atoms with Crippen LogP contribution in [0.3, 0.4) is 0 Å². The van der Waals surface area contributed by atoms with Crippen molar-refractivity contribution >= 4 is 33.2 Å². The monoisotopic (exact) mass is 528 g/mol. The van der Waals surface area contributed by atoms with E-state index in [9.17, 15) is 13.2 Å². The number of halogens is 1. The number of carbonyl (C=O) groups excluding carboxylic acids is 1. The molecule has 6 nitrogen and oxygen atoms in total. The van der Waals surface area contributed by atoms with Gasteiger partial charge in [0, 0.05) is 5.02 Å². The Morgan fingerprint density at radius 3 is 2.31 bits per heavy atom. The van der Waals surface area contributed by atoms with E-state index in [1.54, 1.807) is 49.4 Å². The fraction of sp³-hybridized carbons (Fsp3) is 0.321. The lowest BCUT2D eigenvalue weighted by atomic mass is 9.86. The molecule has 1 amide bonds. The number of benzene rings is 3.